The summed E-state index contributed by atoms with van der Waals surface area (Å²) in [5.74, 6) is 0.423. The Labute approximate surface area is 164 Å². The molecule has 1 aliphatic rings. The van der Waals surface area contributed by atoms with E-state index in [1.54, 1.807) is 6.92 Å². The van der Waals surface area contributed by atoms with Crippen molar-refractivity contribution in [1.82, 2.24) is 9.80 Å². The van der Waals surface area contributed by atoms with E-state index < -0.39 is 0 Å². The van der Waals surface area contributed by atoms with Gasteiger partial charge in [0.2, 0.25) is 5.91 Å². The van der Waals surface area contributed by atoms with E-state index in [2.05, 4.69) is 47.4 Å². The highest BCUT2D eigenvalue weighted by Crippen LogP contribution is 2.20. The number of carbonyl (C=O) groups excluding carboxylic acids is 2. The van der Waals surface area contributed by atoms with E-state index in [0.29, 0.717) is 12.4 Å². The van der Waals surface area contributed by atoms with E-state index in [0.717, 1.165) is 32.7 Å². The number of carbonyl (C=O) groups is 2. The zero-order valence-electron chi connectivity index (χ0n) is 15.7. The molecule has 0 bridgehead atoms. The van der Waals surface area contributed by atoms with Crippen molar-refractivity contribution in [2.75, 3.05) is 44.3 Å². The number of amides is 1. The molecule has 27 heavy (non-hydrogen) atoms. The largest absolute Gasteiger partial charge is 0.465 e. The van der Waals surface area contributed by atoms with Crippen LogP contribution < -0.4 is 0 Å². The molecule has 0 aromatic heterocycles. The summed E-state index contributed by atoms with van der Waals surface area (Å²) in [5.41, 5.74) is 1.33. The van der Waals surface area contributed by atoms with Crippen LogP contribution in [0.4, 0.5) is 0 Å². The zero-order valence-corrected chi connectivity index (χ0v) is 16.5. The van der Waals surface area contributed by atoms with Crippen LogP contribution in [0, 0.1) is 0 Å². The number of thioether (sulfide) groups is 1. The Hall–Kier alpha value is -2.05. The van der Waals surface area contributed by atoms with E-state index >= 15 is 0 Å². The number of hydrogen-bond acceptors (Lipinski definition) is 5. The third-order valence-corrected chi connectivity index (χ3v) is 5.64. The summed E-state index contributed by atoms with van der Waals surface area (Å²) in [6.07, 6.45) is 0. The van der Waals surface area contributed by atoms with Crippen molar-refractivity contribution in [3.63, 3.8) is 0 Å². The Kier molecular flexibility index (Phi) is 7.12. The minimum atomic E-state index is -0.254. The van der Waals surface area contributed by atoms with Crippen molar-refractivity contribution >= 4 is 34.4 Å². The van der Waals surface area contributed by atoms with Crippen LogP contribution in [0.5, 0.6) is 0 Å². The number of rotatable bonds is 7. The molecule has 0 radical (unpaired) electrons. The summed E-state index contributed by atoms with van der Waals surface area (Å²) < 4.78 is 4.88. The first-order valence-corrected chi connectivity index (χ1v) is 10.5. The smallest absolute Gasteiger partial charge is 0.315 e. The second-order valence-corrected chi connectivity index (χ2v) is 7.58. The number of ether oxygens (including phenoxy) is 1. The summed E-state index contributed by atoms with van der Waals surface area (Å²) in [7, 11) is 0. The van der Waals surface area contributed by atoms with Gasteiger partial charge in [-0.05, 0) is 23.3 Å². The molecule has 0 saturated carbocycles. The lowest BCUT2D eigenvalue weighted by Gasteiger charge is -2.35. The molecule has 1 fully saturated rings. The fourth-order valence-electron chi connectivity index (χ4n) is 3.34. The molecule has 144 valence electrons. The second-order valence-electron chi connectivity index (χ2n) is 6.59. The van der Waals surface area contributed by atoms with Gasteiger partial charge in [0.1, 0.15) is 0 Å². The van der Waals surface area contributed by atoms with Crippen molar-refractivity contribution in [3.05, 3.63) is 48.0 Å². The molecule has 1 amide bonds. The van der Waals surface area contributed by atoms with Crippen LogP contribution >= 0.6 is 11.8 Å². The van der Waals surface area contributed by atoms with E-state index in [9.17, 15) is 9.59 Å². The summed E-state index contributed by atoms with van der Waals surface area (Å²) in [6, 6.07) is 14.9. The van der Waals surface area contributed by atoms with Gasteiger partial charge in [0.25, 0.3) is 0 Å². The Balaban J connectivity index is 1.46. The van der Waals surface area contributed by atoms with Gasteiger partial charge in [0, 0.05) is 32.7 Å². The van der Waals surface area contributed by atoms with Gasteiger partial charge in [-0.3, -0.25) is 14.5 Å². The normalized spacial score (nSPS) is 15.1. The van der Waals surface area contributed by atoms with Gasteiger partial charge < -0.3 is 9.64 Å². The second kappa shape index (κ2) is 9.76. The maximum atomic E-state index is 12.3. The minimum Gasteiger partial charge on any atom is -0.465 e. The molecule has 1 heterocycles. The molecule has 5 nitrogen and oxygen atoms in total. The first-order chi connectivity index (χ1) is 13.2. The lowest BCUT2D eigenvalue weighted by atomic mass is 10.0. The summed E-state index contributed by atoms with van der Waals surface area (Å²) in [5, 5.41) is 2.57. The molecule has 0 unspecified atom stereocenters. The Bertz CT molecular complexity index is 783. The molecular weight excluding hydrogens is 360 g/mol. The maximum Gasteiger partial charge on any atom is 0.315 e. The van der Waals surface area contributed by atoms with E-state index in [1.165, 1.54) is 28.1 Å². The molecule has 2 aromatic rings. The average molecular weight is 387 g/mol. The maximum absolute atomic E-state index is 12.3. The lowest BCUT2D eigenvalue weighted by molar-refractivity contribution is -0.139. The highest BCUT2D eigenvalue weighted by Gasteiger charge is 2.21. The Morgan fingerprint density at radius 2 is 1.74 bits per heavy atom. The zero-order chi connectivity index (χ0) is 19.1. The quantitative estimate of drug-likeness (QED) is 0.685. The van der Waals surface area contributed by atoms with Gasteiger partial charge >= 0.3 is 5.97 Å². The van der Waals surface area contributed by atoms with Crippen LogP contribution in [0.15, 0.2) is 42.5 Å². The third-order valence-electron chi connectivity index (χ3n) is 4.75. The SMILES string of the molecule is CCOC(=O)CSCC(=O)N1CCN(Cc2cccc3ccccc23)CC1. The monoisotopic (exact) mass is 386 g/mol. The van der Waals surface area contributed by atoms with Crippen molar-refractivity contribution in [2.45, 2.75) is 13.5 Å². The number of benzene rings is 2. The molecule has 0 spiro atoms. The summed E-state index contributed by atoms with van der Waals surface area (Å²) in [6.45, 7) is 6.29. The molecule has 0 N–H and O–H groups in total. The summed E-state index contributed by atoms with van der Waals surface area (Å²) >= 11 is 1.33. The standard InChI is InChI=1S/C21H26N2O3S/c1-2-26-21(25)16-27-15-20(24)23-12-10-22(11-13-23)14-18-8-5-7-17-6-3-4-9-19(17)18/h3-9H,2,10-16H2,1H3. The predicted molar refractivity (Wildman–Crippen MR) is 110 cm³/mol. The molecule has 1 aliphatic heterocycles. The highest BCUT2D eigenvalue weighted by molar-refractivity contribution is 8.00. The fourth-order valence-corrected chi connectivity index (χ4v) is 4.05. The number of hydrogen-bond donors (Lipinski definition) is 0. The lowest BCUT2D eigenvalue weighted by Crippen LogP contribution is -2.48. The number of nitrogens with zero attached hydrogens (tertiary/aromatic N) is 2. The molecule has 0 atom stereocenters. The van der Waals surface area contributed by atoms with Crippen LogP contribution in [0.2, 0.25) is 0 Å². The fraction of sp³-hybridized carbons (Fsp3) is 0.429. The van der Waals surface area contributed by atoms with Gasteiger partial charge in [-0.2, -0.15) is 0 Å². The van der Waals surface area contributed by atoms with Crippen LogP contribution in [0.25, 0.3) is 10.8 Å². The Morgan fingerprint density at radius 3 is 2.52 bits per heavy atom. The van der Waals surface area contributed by atoms with E-state index in [-0.39, 0.29) is 17.6 Å². The molecule has 6 heteroatoms. The topological polar surface area (TPSA) is 49.9 Å². The summed E-state index contributed by atoms with van der Waals surface area (Å²) in [4.78, 5) is 27.9. The average Bonchev–Trinajstić information content (AvgIpc) is 2.69. The van der Waals surface area contributed by atoms with Gasteiger partial charge in [0.05, 0.1) is 18.1 Å². The molecule has 0 aliphatic carbocycles. The van der Waals surface area contributed by atoms with Gasteiger partial charge in [-0.15, -0.1) is 11.8 Å². The number of esters is 1. The molecule has 1 saturated heterocycles. The van der Waals surface area contributed by atoms with Crippen molar-refractivity contribution < 1.29 is 14.3 Å². The first-order valence-electron chi connectivity index (χ1n) is 9.37. The van der Waals surface area contributed by atoms with Gasteiger partial charge in [0.15, 0.2) is 0 Å². The van der Waals surface area contributed by atoms with Gasteiger partial charge in [-0.1, -0.05) is 42.5 Å². The van der Waals surface area contributed by atoms with E-state index in [1.807, 2.05) is 4.90 Å². The number of fused-ring (bicyclic) bond motifs is 1. The van der Waals surface area contributed by atoms with Crippen molar-refractivity contribution in [3.8, 4) is 0 Å². The van der Waals surface area contributed by atoms with Crippen LogP contribution in [-0.2, 0) is 20.9 Å². The minimum absolute atomic E-state index is 0.106. The Morgan fingerprint density at radius 1 is 1.00 bits per heavy atom. The predicted octanol–water partition coefficient (Wildman–Crippen LogP) is 2.78. The molecule has 2 aromatic carbocycles. The van der Waals surface area contributed by atoms with Crippen molar-refractivity contribution in [1.29, 1.82) is 0 Å². The third kappa shape index (κ3) is 5.47. The number of piperazine rings is 1. The van der Waals surface area contributed by atoms with Gasteiger partial charge in [-0.25, -0.2) is 0 Å². The highest BCUT2D eigenvalue weighted by atomic mass is 32.2. The van der Waals surface area contributed by atoms with Crippen LogP contribution in [-0.4, -0.2) is 66.0 Å². The molecule has 3 rings (SSSR count). The van der Waals surface area contributed by atoms with Crippen molar-refractivity contribution in [2.24, 2.45) is 0 Å². The first kappa shape index (κ1) is 19.7. The van der Waals surface area contributed by atoms with Crippen LogP contribution in [0.1, 0.15) is 12.5 Å². The van der Waals surface area contributed by atoms with Crippen LogP contribution in [0.3, 0.4) is 0 Å². The molecular formula is C21H26N2O3S. The van der Waals surface area contributed by atoms with E-state index in [4.69, 9.17) is 4.74 Å².